The molecule has 132 valence electrons. The van der Waals surface area contributed by atoms with Crippen molar-refractivity contribution in [2.45, 2.75) is 5.33 Å². The van der Waals surface area contributed by atoms with Crippen molar-refractivity contribution in [3.05, 3.63) is 63.4 Å². The highest BCUT2D eigenvalue weighted by Gasteiger charge is 2.23. The van der Waals surface area contributed by atoms with Crippen LogP contribution in [0.25, 0.3) is 28.1 Å². The summed E-state index contributed by atoms with van der Waals surface area (Å²) in [7, 11) is 0. The van der Waals surface area contributed by atoms with Gasteiger partial charge in [0.15, 0.2) is 17.5 Å². The third-order valence-corrected chi connectivity index (χ3v) is 4.52. The molecule has 1 N–H and O–H groups in total. The van der Waals surface area contributed by atoms with E-state index in [1.807, 2.05) is 0 Å². The average Bonchev–Trinajstić information content (AvgIpc) is 3.22. The summed E-state index contributed by atoms with van der Waals surface area (Å²) in [5.74, 6) is -2.61. The predicted molar refractivity (Wildman–Crippen MR) is 94.7 cm³/mol. The number of imidazole rings is 1. The third kappa shape index (κ3) is 2.63. The molecule has 2 aromatic heterocycles. The average molecular weight is 442 g/mol. The molecule has 4 aromatic rings. The van der Waals surface area contributed by atoms with E-state index in [1.54, 1.807) is 18.2 Å². The Kier molecular flexibility index (Phi) is 4.12. The van der Waals surface area contributed by atoms with Gasteiger partial charge in [-0.15, -0.1) is 0 Å². The highest BCUT2D eigenvalue weighted by atomic mass is 79.9. The minimum atomic E-state index is -1.12. The Morgan fingerprint density at radius 3 is 2.85 bits per heavy atom. The fraction of sp³-hybridized carbons (Fsp3) is 0.0625. The minimum Gasteiger partial charge on any atom is -0.341 e. The molecule has 4 rings (SSSR count). The van der Waals surface area contributed by atoms with Crippen LogP contribution in [0, 0.1) is 11.6 Å². The van der Waals surface area contributed by atoms with Crippen LogP contribution >= 0.6 is 27.5 Å². The quantitative estimate of drug-likeness (QED) is 0.484. The van der Waals surface area contributed by atoms with Crippen molar-refractivity contribution in [2.75, 3.05) is 0 Å². The Morgan fingerprint density at radius 2 is 2.12 bits per heavy atom. The van der Waals surface area contributed by atoms with E-state index in [9.17, 15) is 13.6 Å². The first kappa shape index (κ1) is 16.9. The van der Waals surface area contributed by atoms with Crippen molar-refractivity contribution >= 4 is 38.6 Å². The summed E-state index contributed by atoms with van der Waals surface area (Å²) in [6.45, 7) is 0. The minimum absolute atomic E-state index is 0.00839. The lowest BCUT2D eigenvalue weighted by Crippen LogP contribution is -2.13. The van der Waals surface area contributed by atoms with Crippen LogP contribution in [0.4, 0.5) is 8.78 Å². The zero-order valence-corrected chi connectivity index (χ0v) is 15.1. The van der Waals surface area contributed by atoms with Crippen LogP contribution in [0.3, 0.4) is 0 Å². The largest absolute Gasteiger partial charge is 0.446 e. The van der Waals surface area contributed by atoms with Gasteiger partial charge in [0.25, 0.3) is 0 Å². The fourth-order valence-electron chi connectivity index (χ4n) is 2.65. The summed E-state index contributed by atoms with van der Waals surface area (Å²) in [4.78, 5) is 19.1. The first-order valence-electron chi connectivity index (χ1n) is 7.27. The van der Waals surface area contributed by atoms with Gasteiger partial charge in [0, 0.05) is 5.02 Å². The zero-order valence-electron chi connectivity index (χ0n) is 12.8. The van der Waals surface area contributed by atoms with Gasteiger partial charge in [-0.2, -0.15) is 0 Å². The first-order valence-corrected chi connectivity index (χ1v) is 8.77. The fourth-order valence-corrected chi connectivity index (χ4v) is 3.10. The summed E-state index contributed by atoms with van der Waals surface area (Å²) in [5, 5.41) is 4.43. The summed E-state index contributed by atoms with van der Waals surface area (Å²) in [5.41, 5.74) is 0.506. The Balaban J connectivity index is 2.05. The van der Waals surface area contributed by atoms with Crippen LogP contribution in [-0.2, 0) is 5.33 Å². The number of alkyl halides is 1. The highest BCUT2D eigenvalue weighted by molar-refractivity contribution is 9.08. The Hall–Kier alpha value is -2.52. The van der Waals surface area contributed by atoms with Gasteiger partial charge in [0.1, 0.15) is 11.3 Å². The lowest BCUT2D eigenvalue weighted by Gasteiger charge is -2.06. The summed E-state index contributed by atoms with van der Waals surface area (Å²) >= 11 is 9.19. The van der Waals surface area contributed by atoms with Crippen molar-refractivity contribution in [1.29, 1.82) is 0 Å². The molecule has 2 aromatic carbocycles. The van der Waals surface area contributed by atoms with Gasteiger partial charge in [-0.1, -0.05) is 38.8 Å². The SMILES string of the molecule is O=c1onc(-c2cc(F)c(F)c3nc(CBr)[nH]c23)n1-c1cccc(Cl)c1. The van der Waals surface area contributed by atoms with E-state index in [-0.39, 0.29) is 22.4 Å². The number of fused-ring (bicyclic) bond motifs is 1. The summed E-state index contributed by atoms with van der Waals surface area (Å²) in [6.07, 6.45) is 0. The maximum atomic E-state index is 14.1. The molecule has 0 spiro atoms. The monoisotopic (exact) mass is 440 g/mol. The van der Waals surface area contributed by atoms with Gasteiger partial charge in [0.2, 0.25) is 0 Å². The van der Waals surface area contributed by atoms with E-state index in [0.717, 1.165) is 10.6 Å². The lowest BCUT2D eigenvalue weighted by molar-refractivity contribution is 0.383. The Bertz CT molecular complexity index is 1200. The number of halogens is 4. The molecule has 0 radical (unpaired) electrons. The van der Waals surface area contributed by atoms with Crippen LogP contribution in [-0.4, -0.2) is 19.7 Å². The molecule has 26 heavy (non-hydrogen) atoms. The molecular weight excluding hydrogens is 434 g/mol. The molecule has 2 heterocycles. The van der Waals surface area contributed by atoms with Crippen molar-refractivity contribution in [2.24, 2.45) is 0 Å². The smallest absolute Gasteiger partial charge is 0.341 e. The molecule has 0 saturated heterocycles. The molecule has 0 aliphatic carbocycles. The third-order valence-electron chi connectivity index (χ3n) is 3.75. The molecular formula is C16H8BrClF2N4O2. The summed E-state index contributed by atoms with van der Waals surface area (Å²) < 4.78 is 34.1. The van der Waals surface area contributed by atoms with Crippen molar-refractivity contribution in [3.8, 4) is 17.1 Å². The molecule has 6 nitrogen and oxygen atoms in total. The van der Waals surface area contributed by atoms with E-state index < -0.39 is 17.4 Å². The molecule has 0 unspecified atom stereocenters. The van der Waals surface area contributed by atoms with E-state index in [0.29, 0.717) is 21.9 Å². The number of benzene rings is 2. The van der Waals surface area contributed by atoms with Gasteiger partial charge < -0.3 is 4.98 Å². The van der Waals surface area contributed by atoms with Gasteiger partial charge in [-0.25, -0.2) is 23.1 Å². The maximum Gasteiger partial charge on any atom is 0.446 e. The van der Waals surface area contributed by atoms with Crippen molar-refractivity contribution in [1.82, 2.24) is 19.7 Å². The molecule has 0 atom stereocenters. The van der Waals surface area contributed by atoms with Gasteiger partial charge in [-0.3, -0.25) is 4.52 Å². The van der Waals surface area contributed by atoms with Crippen LogP contribution in [0.2, 0.25) is 5.02 Å². The van der Waals surface area contributed by atoms with Crippen molar-refractivity contribution < 1.29 is 13.3 Å². The summed E-state index contributed by atoms with van der Waals surface area (Å²) in [6, 6.07) is 7.35. The van der Waals surface area contributed by atoms with E-state index >= 15 is 0 Å². The molecule has 0 saturated carbocycles. The molecule has 0 amide bonds. The van der Waals surface area contributed by atoms with Crippen molar-refractivity contribution in [3.63, 3.8) is 0 Å². The second-order valence-electron chi connectivity index (χ2n) is 5.35. The lowest BCUT2D eigenvalue weighted by atomic mass is 10.1. The second-order valence-corrected chi connectivity index (χ2v) is 6.35. The number of rotatable bonds is 3. The zero-order chi connectivity index (χ0) is 18.4. The van der Waals surface area contributed by atoms with Gasteiger partial charge >= 0.3 is 5.76 Å². The number of hydrogen-bond donors (Lipinski definition) is 1. The molecule has 0 aliphatic heterocycles. The van der Waals surface area contributed by atoms with E-state index in [1.165, 1.54) is 6.07 Å². The number of aromatic nitrogens is 4. The van der Waals surface area contributed by atoms with E-state index in [4.69, 9.17) is 16.1 Å². The van der Waals surface area contributed by atoms with E-state index in [2.05, 4.69) is 31.1 Å². The maximum absolute atomic E-state index is 14.1. The number of hydrogen-bond acceptors (Lipinski definition) is 4. The predicted octanol–water partition coefficient (Wildman–Crippen LogP) is 4.20. The number of aromatic amines is 1. The Morgan fingerprint density at radius 1 is 1.31 bits per heavy atom. The molecule has 10 heteroatoms. The number of nitrogens with zero attached hydrogens (tertiary/aromatic N) is 3. The van der Waals surface area contributed by atoms with Gasteiger partial charge in [-0.05, 0) is 24.3 Å². The van der Waals surface area contributed by atoms with Crippen LogP contribution in [0.1, 0.15) is 5.82 Å². The second kappa shape index (κ2) is 6.33. The molecule has 0 fully saturated rings. The van der Waals surface area contributed by atoms with Crippen LogP contribution in [0.15, 0.2) is 39.6 Å². The molecule has 0 bridgehead atoms. The topological polar surface area (TPSA) is 76.7 Å². The first-order chi connectivity index (χ1) is 12.5. The normalized spacial score (nSPS) is 11.4. The van der Waals surface area contributed by atoms with Gasteiger partial charge in [0.05, 0.1) is 22.1 Å². The highest BCUT2D eigenvalue weighted by Crippen LogP contribution is 2.31. The number of nitrogens with one attached hydrogen (secondary N) is 1. The van der Waals surface area contributed by atoms with Crippen LogP contribution in [0.5, 0.6) is 0 Å². The molecule has 0 aliphatic rings. The van der Waals surface area contributed by atoms with Crippen LogP contribution < -0.4 is 5.76 Å². The Labute approximate surface area is 157 Å². The number of H-pyrrole nitrogens is 1. The standard InChI is InChI=1S/C16H8BrClF2N4O2/c17-6-11-21-13-9(5-10(19)12(20)14(13)22-11)15-23-26-16(25)24(15)8-3-1-2-7(18)4-8/h1-5H,6H2,(H,21,22).